The molecule has 0 radical (unpaired) electrons. The fourth-order valence-corrected chi connectivity index (χ4v) is 3.04. The first-order valence-corrected chi connectivity index (χ1v) is 5.88. The van der Waals surface area contributed by atoms with Crippen LogP contribution in [-0.2, 0) is 9.59 Å². The lowest BCUT2D eigenvalue weighted by Gasteiger charge is -2.43. The van der Waals surface area contributed by atoms with Crippen LogP contribution < -0.4 is 0 Å². The summed E-state index contributed by atoms with van der Waals surface area (Å²) in [6.45, 7) is 5.34. The summed E-state index contributed by atoms with van der Waals surface area (Å²) in [6.07, 6.45) is 2.88. The minimum Gasteiger partial charge on any atom is -0.343 e. The Morgan fingerprint density at radius 2 is 2.13 bits per heavy atom. The first kappa shape index (κ1) is 10.7. The van der Waals surface area contributed by atoms with E-state index >= 15 is 0 Å². The van der Waals surface area contributed by atoms with Crippen molar-refractivity contribution in [2.45, 2.75) is 33.1 Å². The zero-order valence-corrected chi connectivity index (χ0v) is 9.53. The van der Waals surface area contributed by atoms with E-state index in [0.29, 0.717) is 17.6 Å². The molecule has 0 aromatic heterocycles. The third-order valence-corrected chi connectivity index (χ3v) is 4.16. The summed E-state index contributed by atoms with van der Waals surface area (Å²) >= 11 is 0. The zero-order chi connectivity index (χ0) is 11.0. The Bertz CT molecular complexity index is 287. The van der Waals surface area contributed by atoms with Gasteiger partial charge in [-0.15, -0.1) is 0 Å². The summed E-state index contributed by atoms with van der Waals surface area (Å²) in [7, 11) is 0. The van der Waals surface area contributed by atoms with Gasteiger partial charge in [-0.1, -0.05) is 6.92 Å². The van der Waals surface area contributed by atoms with Gasteiger partial charge in [0.2, 0.25) is 5.91 Å². The number of carbonyl (C=O) groups excluding carboxylic acids is 2. The van der Waals surface area contributed by atoms with Gasteiger partial charge in [0, 0.05) is 32.4 Å². The second kappa shape index (κ2) is 3.95. The monoisotopic (exact) mass is 209 g/mol. The van der Waals surface area contributed by atoms with Crippen LogP contribution in [0.1, 0.15) is 33.1 Å². The van der Waals surface area contributed by atoms with Crippen molar-refractivity contribution in [2.75, 3.05) is 13.1 Å². The van der Waals surface area contributed by atoms with Crippen molar-refractivity contribution < 1.29 is 9.59 Å². The molecule has 1 saturated carbocycles. The van der Waals surface area contributed by atoms with Gasteiger partial charge >= 0.3 is 0 Å². The number of likely N-dealkylation sites (tertiary alicyclic amines) is 1. The number of nitrogens with zero attached hydrogens (tertiary/aromatic N) is 1. The molecule has 0 unspecified atom stereocenters. The average Bonchev–Trinajstić information content (AvgIpc) is 2.23. The highest BCUT2D eigenvalue weighted by Gasteiger charge is 2.39. The van der Waals surface area contributed by atoms with E-state index in [1.54, 1.807) is 6.92 Å². The fraction of sp³-hybridized carbons (Fsp3) is 0.833. The summed E-state index contributed by atoms with van der Waals surface area (Å²) in [5.41, 5.74) is 0. The molecule has 0 aromatic carbocycles. The molecule has 0 spiro atoms. The highest BCUT2D eigenvalue weighted by Crippen LogP contribution is 2.38. The van der Waals surface area contributed by atoms with Gasteiger partial charge in [-0.25, -0.2) is 0 Å². The lowest BCUT2D eigenvalue weighted by atomic mass is 9.69. The van der Waals surface area contributed by atoms with Crippen LogP contribution in [0, 0.1) is 17.8 Å². The third-order valence-electron chi connectivity index (χ3n) is 4.16. The molecule has 0 N–H and O–H groups in total. The highest BCUT2D eigenvalue weighted by atomic mass is 16.2. The fourth-order valence-electron chi connectivity index (χ4n) is 3.04. The molecule has 3 nitrogen and oxygen atoms in total. The highest BCUT2D eigenvalue weighted by molar-refractivity contribution is 5.82. The predicted octanol–water partition coefficient (Wildman–Crippen LogP) is 1.47. The van der Waals surface area contributed by atoms with Gasteiger partial charge in [-0.05, 0) is 24.7 Å². The molecular formula is C12H19NO2. The van der Waals surface area contributed by atoms with Gasteiger partial charge in [0.05, 0.1) is 0 Å². The Morgan fingerprint density at radius 1 is 1.40 bits per heavy atom. The van der Waals surface area contributed by atoms with Crippen molar-refractivity contribution in [3.05, 3.63) is 0 Å². The van der Waals surface area contributed by atoms with E-state index in [0.717, 1.165) is 32.4 Å². The van der Waals surface area contributed by atoms with Gasteiger partial charge in [-0.2, -0.15) is 0 Å². The van der Waals surface area contributed by atoms with Crippen molar-refractivity contribution in [3.63, 3.8) is 0 Å². The van der Waals surface area contributed by atoms with Crippen LogP contribution >= 0.6 is 0 Å². The van der Waals surface area contributed by atoms with Crippen molar-refractivity contribution in [2.24, 2.45) is 17.8 Å². The molecular weight excluding hydrogens is 190 g/mol. The zero-order valence-electron chi connectivity index (χ0n) is 9.53. The van der Waals surface area contributed by atoms with E-state index in [2.05, 4.69) is 0 Å². The van der Waals surface area contributed by atoms with E-state index in [4.69, 9.17) is 0 Å². The number of carbonyl (C=O) groups is 2. The van der Waals surface area contributed by atoms with E-state index in [-0.39, 0.29) is 11.8 Å². The van der Waals surface area contributed by atoms with Crippen LogP contribution in [0.4, 0.5) is 0 Å². The number of rotatable bonds is 0. The van der Waals surface area contributed by atoms with Crippen LogP contribution in [0.15, 0.2) is 0 Å². The van der Waals surface area contributed by atoms with Crippen molar-refractivity contribution in [3.8, 4) is 0 Å². The Kier molecular flexibility index (Phi) is 2.81. The first-order valence-electron chi connectivity index (χ1n) is 5.88. The smallest absolute Gasteiger partial charge is 0.219 e. The molecule has 0 aromatic rings. The molecule has 1 amide bonds. The lowest BCUT2D eigenvalue weighted by Crippen LogP contribution is -2.48. The van der Waals surface area contributed by atoms with Crippen molar-refractivity contribution in [1.82, 2.24) is 4.90 Å². The number of piperidine rings is 1. The summed E-state index contributed by atoms with van der Waals surface area (Å²) in [4.78, 5) is 24.8. The molecule has 1 heterocycles. The van der Waals surface area contributed by atoms with Crippen LogP contribution in [0.2, 0.25) is 0 Å². The van der Waals surface area contributed by atoms with E-state index < -0.39 is 0 Å². The molecule has 3 heteroatoms. The number of hydrogen-bond acceptors (Lipinski definition) is 2. The number of ketones is 1. The number of hydrogen-bond donors (Lipinski definition) is 0. The van der Waals surface area contributed by atoms with Crippen LogP contribution in [0.5, 0.6) is 0 Å². The molecule has 84 valence electrons. The largest absolute Gasteiger partial charge is 0.343 e. The first-order chi connectivity index (χ1) is 7.09. The van der Waals surface area contributed by atoms with Gasteiger partial charge in [-0.3, -0.25) is 9.59 Å². The molecule has 2 aliphatic rings. The Morgan fingerprint density at radius 3 is 2.80 bits per heavy atom. The van der Waals surface area contributed by atoms with Crippen molar-refractivity contribution in [1.29, 1.82) is 0 Å². The maximum Gasteiger partial charge on any atom is 0.219 e. The minimum absolute atomic E-state index is 0.152. The molecule has 2 rings (SSSR count). The van der Waals surface area contributed by atoms with Gasteiger partial charge in [0.25, 0.3) is 0 Å². The number of amides is 1. The second-order valence-corrected chi connectivity index (χ2v) is 4.97. The van der Waals surface area contributed by atoms with Crippen LogP contribution in [0.25, 0.3) is 0 Å². The molecule has 15 heavy (non-hydrogen) atoms. The normalized spacial score (nSPS) is 36.3. The molecule has 1 saturated heterocycles. The summed E-state index contributed by atoms with van der Waals surface area (Å²) in [5.74, 6) is 1.79. The third kappa shape index (κ3) is 1.92. The predicted molar refractivity (Wildman–Crippen MR) is 57.3 cm³/mol. The van der Waals surface area contributed by atoms with E-state index in [1.165, 1.54) is 0 Å². The molecule has 0 bridgehead atoms. The topological polar surface area (TPSA) is 37.4 Å². The average molecular weight is 209 g/mol. The van der Waals surface area contributed by atoms with E-state index in [1.807, 2.05) is 11.8 Å². The molecule has 1 aliphatic heterocycles. The quantitative estimate of drug-likeness (QED) is 0.606. The molecule has 1 aliphatic carbocycles. The number of fused-ring (bicyclic) bond motifs is 1. The Hall–Kier alpha value is -0.860. The van der Waals surface area contributed by atoms with Gasteiger partial charge in [0.1, 0.15) is 5.78 Å². The van der Waals surface area contributed by atoms with Crippen molar-refractivity contribution >= 4 is 11.7 Å². The number of Topliss-reactive ketones (excluding diaryl/α,β-unsaturated/α-hetero) is 1. The SMILES string of the molecule is CC(=O)N1CC[C@@H]2CCC(=O)[C@H](C)[C@H]2C1. The maximum absolute atomic E-state index is 11.6. The maximum atomic E-state index is 11.6. The molecule has 3 atom stereocenters. The standard InChI is InChI=1S/C12H19NO2/c1-8-11-7-13(9(2)14)6-5-10(11)3-4-12(8)15/h8,10-11H,3-7H2,1-2H3/t8-,10+,11-/m1/s1. The van der Waals surface area contributed by atoms with Crippen LogP contribution in [-0.4, -0.2) is 29.7 Å². The summed E-state index contributed by atoms with van der Waals surface area (Å²) < 4.78 is 0. The van der Waals surface area contributed by atoms with Gasteiger partial charge in [0.15, 0.2) is 0 Å². The summed E-state index contributed by atoms with van der Waals surface area (Å²) in [6, 6.07) is 0. The van der Waals surface area contributed by atoms with E-state index in [9.17, 15) is 9.59 Å². The second-order valence-electron chi connectivity index (χ2n) is 4.97. The Labute approximate surface area is 90.8 Å². The molecule has 2 fully saturated rings. The van der Waals surface area contributed by atoms with Gasteiger partial charge < -0.3 is 4.90 Å². The van der Waals surface area contributed by atoms with Crippen LogP contribution in [0.3, 0.4) is 0 Å². The Balaban J connectivity index is 2.08. The summed E-state index contributed by atoms with van der Waals surface area (Å²) in [5, 5.41) is 0. The lowest BCUT2D eigenvalue weighted by molar-refractivity contribution is -0.137. The minimum atomic E-state index is 0.152.